The molecule has 0 radical (unpaired) electrons. The van der Waals surface area contributed by atoms with Crippen molar-refractivity contribution in [3.05, 3.63) is 36.0 Å². The SMILES string of the molecule is CSCC[C@@H](NC(=O)[C@H](Cc1c[nH]c2ccccc12)NC(=O)OC(C)(C)C)C(=O)NN. The summed E-state index contributed by atoms with van der Waals surface area (Å²) in [5.41, 5.74) is 3.15. The Labute approximate surface area is 186 Å². The van der Waals surface area contributed by atoms with Crippen LogP contribution in [0.1, 0.15) is 32.8 Å². The first-order valence-electron chi connectivity index (χ1n) is 9.99. The first-order valence-corrected chi connectivity index (χ1v) is 11.4. The van der Waals surface area contributed by atoms with Crippen molar-refractivity contribution >= 4 is 40.6 Å². The molecular formula is C21H31N5O4S. The van der Waals surface area contributed by atoms with Crippen molar-refractivity contribution in [2.75, 3.05) is 12.0 Å². The number of benzene rings is 1. The van der Waals surface area contributed by atoms with E-state index in [1.807, 2.05) is 30.5 Å². The van der Waals surface area contributed by atoms with E-state index in [1.165, 1.54) is 0 Å². The fourth-order valence-corrected chi connectivity index (χ4v) is 3.53. The normalized spacial score (nSPS) is 13.3. The summed E-state index contributed by atoms with van der Waals surface area (Å²) in [6, 6.07) is 5.92. The summed E-state index contributed by atoms with van der Waals surface area (Å²) in [5.74, 6) is 4.94. The smallest absolute Gasteiger partial charge is 0.408 e. The minimum Gasteiger partial charge on any atom is -0.444 e. The van der Waals surface area contributed by atoms with Crippen molar-refractivity contribution in [2.45, 2.75) is 51.3 Å². The average Bonchev–Trinajstić information content (AvgIpc) is 3.11. The lowest BCUT2D eigenvalue weighted by molar-refractivity contribution is -0.130. The van der Waals surface area contributed by atoms with Gasteiger partial charge >= 0.3 is 6.09 Å². The Kier molecular flexibility index (Phi) is 8.76. The second-order valence-corrected chi connectivity index (χ2v) is 9.10. The molecule has 2 aromatic rings. The van der Waals surface area contributed by atoms with Gasteiger partial charge in [-0.05, 0) is 50.8 Å². The van der Waals surface area contributed by atoms with Crippen LogP contribution in [0.3, 0.4) is 0 Å². The van der Waals surface area contributed by atoms with Gasteiger partial charge in [0, 0.05) is 23.5 Å². The second-order valence-electron chi connectivity index (χ2n) is 8.11. The van der Waals surface area contributed by atoms with Gasteiger partial charge < -0.3 is 20.4 Å². The molecule has 0 fully saturated rings. The maximum absolute atomic E-state index is 13.1. The summed E-state index contributed by atoms with van der Waals surface area (Å²) >= 11 is 1.55. The molecule has 2 rings (SSSR count). The molecule has 0 spiro atoms. The number of carbonyl (C=O) groups excluding carboxylic acids is 3. The van der Waals surface area contributed by atoms with Gasteiger partial charge in [-0.2, -0.15) is 11.8 Å². The quantitative estimate of drug-likeness (QED) is 0.225. The Balaban J connectivity index is 2.23. The highest BCUT2D eigenvalue weighted by Gasteiger charge is 2.29. The van der Waals surface area contributed by atoms with Crippen LogP contribution in [0.5, 0.6) is 0 Å². The summed E-state index contributed by atoms with van der Waals surface area (Å²) in [5, 5.41) is 6.29. The van der Waals surface area contributed by atoms with Crippen LogP contribution in [0, 0.1) is 0 Å². The molecule has 0 aliphatic heterocycles. The summed E-state index contributed by atoms with van der Waals surface area (Å²) in [7, 11) is 0. The number of nitrogens with one attached hydrogen (secondary N) is 4. The van der Waals surface area contributed by atoms with Gasteiger partial charge in [-0.3, -0.25) is 15.0 Å². The molecule has 2 atom stereocenters. The highest BCUT2D eigenvalue weighted by molar-refractivity contribution is 7.98. The highest BCUT2D eigenvalue weighted by atomic mass is 32.2. The number of fused-ring (bicyclic) bond motifs is 1. The maximum Gasteiger partial charge on any atom is 0.408 e. The molecule has 0 unspecified atom stereocenters. The molecule has 1 aromatic heterocycles. The van der Waals surface area contributed by atoms with Crippen LogP contribution >= 0.6 is 11.8 Å². The molecule has 9 nitrogen and oxygen atoms in total. The van der Waals surface area contributed by atoms with E-state index in [-0.39, 0.29) is 6.42 Å². The van der Waals surface area contributed by atoms with Gasteiger partial charge in [-0.25, -0.2) is 10.6 Å². The number of H-pyrrole nitrogens is 1. The van der Waals surface area contributed by atoms with E-state index in [0.717, 1.165) is 16.5 Å². The largest absolute Gasteiger partial charge is 0.444 e. The van der Waals surface area contributed by atoms with Crippen LogP contribution in [-0.4, -0.2) is 52.6 Å². The van der Waals surface area contributed by atoms with Crippen LogP contribution in [0.4, 0.5) is 4.79 Å². The number of para-hydroxylation sites is 1. The molecule has 31 heavy (non-hydrogen) atoms. The van der Waals surface area contributed by atoms with Crippen LogP contribution in [0.15, 0.2) is 30.5 Å². The summed E-state index contributed by atoms with van der Waals surface area (Å²) < 4.78 is 5.32. The number of amides is 3. The molecule has 6 N–H and O–H groups in total. The molecule has 0 saturated carbocycles. The summed E-state index contributed by atoms with van der Waals surface area (Å²) in [6.45, 7) is 5.22. The Morgan fingerprint density at radius 3 is 2.48 bits per heavy atom. The van der Waals surface area contributed by atoms with Crippen molar-refractivity contribution in [1.29, 1.82) is 0 Å². The lowest BCUT2D eigenvalue weighted by Gasteiger charge is -2.25. The Hall–Kier alpha value is -2.72. The standard InChI is InChI=1S/C21H31N5O4S/c1-21(2,3)30-20(29)25-17(11-13-12-23-15-8-6-5-7-14(13)15)18(27)24-16(9-10-31-4)19(28)26-22/h5-8,12,16-17,23H,9-11,22H2,1-4H3,(H,24,27)(H,25,29)(H,26,28)/t16-,17+/m1/s1. The number of nitrogens with two attached hydrogens (primary N) is 1. The number of hydrazine groups is 1. The fraction of sp³-hybridized carbons (Fsp3) is 0.476. The Morgan fingerprint density at radius 1 is 1.13 bits per heavy atom. The highest BCUT2D eigenvalue weighted by Crippen LogP contribution is 2.19. The molecule has 3 amide bonds. The predicted octanol–water partition coefficient (Wildman–Crippen LogP) is 1.83. The van der Waals surface area contributed by atoms with E-state index >= 15 is 0 Å². The number of rotatable bonds is 9. The molecule has 1 heterocycles. The molecule has 0 aliphatic carbocycles. The van der Waals surface area contributed by atoms with Gasteiger partial charge in [0.15, 0.2) is 0 Å². The first-order chi connectivity index (χ1) is 14.6. The number of hydrogen-bond acceptors (Lipinski definition) is 6. The van der Waals surface area contributed by atoms with E-state index in [9.17, 15) is 14.4 Å². The third-order valence-corrected chi connectivity index (χ3v) is 5.14. The van der Waals surface area contributed by atoms with Gasteiger partial charge in [-0.15, -0.1) is 0 Å². The van der Waals surface area contributed by atoms with Crippen LogP contribution in [0.25, 0.3) is 10.9 Å². The van der Waals surface area contributed by atoms with E-state index in [1.54, 1.807) is 38.7 Å². The second kappa shape index (κ2) is 11.1. The Morgan fingerprint density at radius 2 is 1.84 bits per heavy atom. The zero-order valence-corrected chi connectivity index (χ0v) is 19.1. The molecule has 0 bridgehead atoms. The third-order valence-electron chi connectivity index (χ3n) is 4.49. The molecular weight excluding hydrogens is 418 g/mol. The average molecular weight is 450 g/mol. The van der Waals surface area contributed by atoms with Gasteiger partial charge in [0.25, 0.3) is 5.91 Å². The van der Waals surface area contributed by atoms with Gasteiger partial charge in [0.1, 0.15) is 17.7 Å². The minimum atomic E-state index is -0.948. The number of hydrogen-bond donors (Lipinski definition) is 5. The molecule has 1 aromatic carbocycles. The number of thioether (sulfide) groups is 1. The Bertz CT molecular complexity index is 909. The van der Waals surface area contributed by atoms with Crippen molar-refractivity contribution in [3.63, 3.8) is 0 Å². The van der Waals surface area contributed by atoms with Crippen molar-refractivity contribution < 1.29 is 19.1 Å². The summed E-state index contributed by atoms with van der Waals surface area (Å²) in [6.07, 6.45) is 3.62. The van der Waals surface area contributed by atoms with Crippen molar-refractivity contribution in [1.82, 2.24) is 21.0 Å². The zero-order chi connectivity index (χ0) is 23.0. The predicted molar refractivity (Wildman–Crippen MR) is 122 cm³/mol. The van der Waals surface area contributed by atoms with E-state index in [0.29, 0.717) is 12.2 Å². The monoisotopic (exact) mass is 449 g/mol. The van der Waals surface area contributed by atoms with Crippen molar-refractivity contribution in [2.24, 2.45) is 5.84 Å². The third kappa shape index (κ3) is 7.48. The number of aromatic amines is 1. The van der Waals surface area contributed by atoms with E-state index in [2.05, 4.69) is 21.0 Å². The maximum atomic E-state index is 13.1. The van der Waals surface area contributed by atoms with Crippen molar-refractivity contribution in [3.8, 4) is 0 Å². The van der Waals surface area contributed by atoms with E-state index < -0.39 is 35.6 Å². The van der Waals surface area contributed by atoms with E-state index in [4.69, 9.17) is 10.6 Å². The first kappa shape index (κ1) is 24.5. The van der Waals surface area contributed by atoms with Gasteiger partial charge in [-0.1, -0.05) is 18.2 Å². The lowest BCUT2D eigenvalue weighted by Crippen LogP contribution is -2.55. The van der Waals surface area contributed by atoms with Crippen LogP contribution in [0.2, 0.25) is 0 Å². The number of carbonyl (C=O) groups is 3. The fourth-order valence-electron chi connectivity index (χ4n) is 3.06. The molecule has 10 heteroatoms. The number of aromatic nitrogens is 1. The van der Waals surface area contributed by atoms with Crippen LogP contribution in [-0.2, 0) is 20.7 Å². The molecule has 0 aliphatic rings. The van der Waals surface area contributed by atoms with Crippen LogP contribution < -0.4 is 21.9 Å². The summed E-state index contributed by atoms with van der Waals surface area (Å²) in [4.78, 5) is 40.7. The molecule has 170 valence electrons. The number of alkyl carbamates (subject to hydrolysis) is 1. The van der Waals surface area contributed by atoms with Gasteiger partial charge in [0.05, 0.1) is 0 Å². The zero-order valence-electron chi connectivity index (χ0n) is 18.3. The molecule has 0 saturated heterocycles. The number of ether oxygens (including phenoxy) is 1. The topological polar surface area (TPSA) is 138 Å². The minimum absolute atomic E-state index is 0.217. The van der Waals surface area contributed by atoms with Gasteiger partial charge in [0.2, 0.25) is 5.91 Å². The lowest BCUT2D eigenvalue weighted by atomic mass is 10.0.